The molecule has 3 heterocycles. The second-order valence-corrected chi connectivity index (χ2v) is 5.03. The van der Waals surface area contributed by atoms with Gasteiger partial charge in [0.05, 0.1) is 12.2 Å². The van der Waals surface area contributed by atoms with Gasteiger partial charge in [-0.05, 0) is 13.8 Å². The third-order valence-corrected chi connectivity index (χ3v) is 3.52. The Morgan fingerprint density at radius 3 is 3.00 bits per heavy atom. The van der Waals surface area contributed by atoms with Gasteiger partial charge in [-0.3, -0.25) is 4.79 Å². The zero-order valence-electron chi connectivity index (χ0n) is 11.9. The van der Waals surface area contributed by atoms with Crippen LogP contribution in [0.4, 0.5) is 0 Å². The summed E-state index contributed by atoms with van der Waals surface area (Å²) in [5.74, 6) is 1.03. The van der Waals surface area contributed by atoms with E-state index in [4.69, 9.17) is 9.26 Å². The molecule has 3 rings (SSSR count). The highest BCUT2D eigenvalue weighted by molar-refractivity contribution is 5.96. The van der Waals surface area contributed by atoms with Crippen molar-refractivity contribution >= 4 is 5.91 Å². The summed E-state index contributed by atoms with van der Waals surface area (Å²) < 4.78 is 10.8. The molecule has 21 heavy (non-hydrogen) atoms. The molecule has 110 valence electrons. The maximum Gasteiger partial charge on any atom is 0.259 e. The molecule has 1 fully saturated rings. The molecule has 2 aromatic rings. The molecule has 0 aliphatic carbocycles. The Labute approximate surface area is 121 Å². The summed E-state index contributed by atoms with van der Waals surface area (Å²) >= 11 is 0. The Morgan fingerprint density at radius 2 is 2.33 bits per heavy atom. The van der Waals surface area contributed by atoms with Gasteiger partial charge < -0.3 is 14.2 Å². The second kappa shape index (κ2) is 5.51. The van der Waals surface area contributed by atoms with Crippen LogP contribution in [0.25, 0.3) is 0 Å². The SMILES string of the molecule is Cc1noc(C)c1C(=O)N1CC[C@@H](Oc2ccncn2)C1. The molecule has 0 saturated carbocycles. The number of hydrogen-bond donors (Lipinski definition) is 0. The first-order valence-electron chi connectivity index (χ1n) is 6.80. The summed E-state index contributed by atoms with van der Waals surface area (Å²) in [4.78, 5) is 22.1. The van der Waals surface area contributed by atoms with Crippen LogP contribution in [0.3, 0.4) is 0 Å². The van der Waals surface area contributed by atoms with Crippen LogP contribution >= 0.6 is 0 Å². The van der Waals surface area contributed by atoms with E-state index in [1.807, 2.05) is 0 Å². The van der Waals surface area contributed by atoms with Gasteiger partial charge in [0, 0.05) is 25.2 Å². The van der Waals surface area contributed by atoms with Crippen molar-refractivity contribution in [2.75, 3.05) is 13.1 Å². The average molecular weight is 288 g/mol. The van der Waals surface area contributed by atoms with Crippen molar-refractivity contribution in [3.05, 3.63) is 35.6 Å². The van der Waals surface area contributed by atoms with Gasteiger partial charge in [0.2, 0.25) is 5.88 Å². The van der Waals surface area contributed by atoms with Gasteiger partial charge in [0.1, 0.15) is 23.8 Å². The lowest BCUT2D eigenvalue weighted by Gasteiger charge is -2.16. The molecule has 0 radical (unpaired) electrons. The zero-order chi connectivity index (χ0) is 14.8. The summed E-state index contributed by atoms with van der Waals surface area (Å²) in [5.41, 5.74) is 1.18. The van der Waals surface area contributed by atoms with Gasteiger partial charge in [-0.15, -0.1) is 0 Å². The van der Waals surface area contributed by atoms with E-state index in [9.17, 15) is 4.79 Å². The van der Waals surface area contributed by atoms with Crippen molar-refractivity contribution in [3.63, 3.8) is 0 Å². The highest BCUT2D eigenvalue weighted by Gasteiger charge is 2.31. The minimum Gasteiger partial charge on any atom is -0.472 e. The summed E-state index contributed by atoms with van der Waals surface area (Å²) in [6, 6.07) is 1.71. The topological polar surface area (TPSA) is 81.4 Å². The highest BCUT2D eigenvalue weighted by Crippen LogP contribution is 2.21. The number of carbonyl (C=O) groups excluding carboxylic acids is 1. The molecular weight excluding hydrogens is 272 g/mol. The number of aryl methyl sites for hydroxylation is 2. The Bertz CT molecular complexity index is 621. The highest BCUT2D eigenvalue weighted by atomic mass is 16.5. The molecule has 1 atom stereocenters. The van der Waals surface area contributed by atoms with Crippen molar-refractivity contribution < 1.29 is 14.1 Å². The number of aromatic nitrogens is 3. The summed E-state index contributed by atoms with van der Waals surface area (Å²) in [6.07, 6.45) is 3.80. The van der Waals surface area contributed by atoms with E-state index < -0.39 is 0 Å². The molecule has 7 nitrogen and oxygen atoms in total. The molecule has 2 aromatic heterocycles. The standard InChI is InChI=1S/C14H16N4O3/c1-9-13(10(2)21-17-9)14(19)18-6-4-11(7-18)20-12-3-5-15-8-16-12/h3,5,8,11H,4,6-7H2,1-2H3/t11-/m1/s1. The van der Waals surface area contributed by atoms with Crippen molar-refractivity contribution in [1.82, 2.24) is 20.0 Å². The fourth-order valence-corrected chi connectivity index (χ4v) is 2.47. The summed E-state index contributed by atoms with van der Waals surface area (Å²) in [5, 5.41) is 3.82. The van der Waals surface area contributed by atoms with Gasteiger partial charge in [-0.25, -0.2) is 9.97 Å². The van der Waals surface area contributed by atoms with Crippen LogP contribution < -0.4 is 4.74 Å². The second-order valence-electron chi connectivity index (χ2n) is 5.03. The molecule has 0 spiro atoms. The van der Waals surface area contributed by atoms with Gasteiger partial charge in [-0.1, -0.05) is 5.16 Å². The van der Waals surface area contributed by atoms with Crippen LogP contribution in [0.15, 0.2) is 23.1 Å². The van der Waals surface area contributed by atoms with E-state index in [0.717, 1.165) is 6.42 Å². The third kappa shape index (κ3) is 2.72. The number of likely N-dealkylation sites (tertiary alicyclic amines) is 1. The summed E-state index contributed by atoms with van der Waals surface area (Å²) in [6.45, 7) is 4.71. The minimum atomic E-state index is -0.0555. The molecule has 7 heteroatoms. The quantitative estimate of drug-likeness (QED) is 0.848. The monoisotopic (exact) mass is 288 g/mol. The van der Waals surface area contributed by atoms with E-state index in [2.05, 4.69) is 15.1 Å². The van der Waals surface area contributed by atoms with E-state index in [1.54, 1.807) is 31.0 Å². The normalized spacial score (nSPS) is 18.0. The van der Waals surface area contributed by atoms with Crippen LogP contribution in [-0.2, 0) is 0 Å². The van der Waals surface area contributed by atoms with Crippen LogP contribution in [0, 0.1) is 13.8 Å². The third-order valence-electron chi connectivity index (χ3n) is 3.52. The fourth-order valence-electron chi connectivity index (χ4n) is 2.47. The largest absolute Gasteiger partial charge is 0.472 e. The average Bonchev–Trinajstić information content (AvgIpc) is 3.07. The molecule has 1 aliphatic heterocycles. The van der Waals surface area contributed by atoms with E-state index in [1.165, 1.54) is 6.33 Å². The van der Waals surface area contributed by atoms with E-state index in [0.29, 0.717) is 36.0 Å². The lowest BCUT2D eigenvalue weighted by molar-refractivity contribution is 0.0768. The van der Waals surface area contributed by atoms with Crippen LogP contribution in [0.2, 0.25) is 0 Å². The molecule has 0 N–H and O–H groups in total. The maximum atomic E-state index is 12.5. The van der Waals surface area contributed by atoms with E-state index in [-0.39, 0.29) is 12.0 Å². The number of amides is 1. The number of hydrogen-bond acceptors (Lipinski definition) is 6. The first-order valence-corrected chi connectivity index (χ1v) is 6.80. The molecule has 1 saturated heterocycles. The number of carbonyl (C=O) groups is 1. The number of nitrogens with zero attached hydrogens (tertiary/aromatic N) is 4. The van der Waals surface area contributed by atoms with Gasteiger partial charge in [0.15, 0.2) is 0 Å². The lowest BCUT2D eigenvalue weighted by Crippen LogP contribution is -2.31. The molecular formula is C14H16N4O3. The Hall–Kier alpha value is -2.44. The fraction of sp³-hybridized carbons (Fsp3) is 0.429. The molecule has 0 bridgehead atoms. The van der Waals surface area contributed by atoms with Crippen molar-refractivity contribution in [3.8, 4) is 5.88 Å². The number of rotatable bonds is 3. The Balaban J connectivity index is 1.66. The molecule has 1 amide bonds. The number of ether oxygens (including phenoxy) is 1. The van der Waals surface area contributed by atoms with Gasteiger partial charge in [-0.2, -0.15) is 0 Å². The Morgan fingerprint density at radius 1 is 1.48 bits per heavy atom. The smallest absolute Gasteiger partial charge is 0.259 e. The van der Waals surface area contributed by atoms with Crippen molar-refractivity contribution in [2.45, 2.75) is 26.4 Å². The molecule has 1 aliphatic rings. The molecule has 0 unspecified atom stereocenters. The van der Waals surface area contributed by atoms with Crippen LogP contribution in [0.1, 0.15) is 28.2 Å². The van der Waals surface area contributed by atoms with Crippen LogP contribution in [0.5, 0.6) is 5.88 Å². The van der Waals surface area contributed by atoms with Crippen molar-refractivity contribution in [2.24, 2.45) is 0 Å². The van der Waals surface area contributed by atoms with Crippen LogP contribution in [-0.4, -0.2) is 45.1 Å². The first kappa shape index (κ1) is 13.5. The Kier molecular flexibility index (Phi) is 3.55. The lowest BCUT2D eigenvalue weighted by atomic mass is 10.2. The summed E-state index contributed by atoms with van der Waals surface area (Å²) in [7, 11) is 0. The predicted molar refractivity (Wildman–Crippen MR) is 72.9 cm³/mol. The van der Waals surface area contributed by atoms with E-state index >= 15 is 0 Å². The molecule has 0 aromatic carbocycles. The predicted octanol–water partition coefficient (Wildman–Crippen LogP) is 1.37. The maximum absolute atomic E-state index is 12.5. The van der Waals surface area contributed by atoms with Crippen molar-refractivity contribution in [1.29, 1.82) is 0 Å². The zero-order valence-corrected chi connectivity index (χ0v) is 11.9. The first-order chi connectivity index (χ1) is 10.1. The van der Waals surface area contributed by atoms with Gasteiger partial charge in [0.25, 0.3) is 5.91 Å². The van der Waals surface area contributed by atoms with Gasteiger partial charge >= 0.3 is 0 Å². The minimum absolute atomic E-state index is 0.0516.